The van der Waals surface area contributed by atoms with Crippen LogP contribution in [0.25, 0.3) is 0 Å². The fourth-order valence-corrected chi connectivity index (χ4v) is 5.77. The number of thioether (sulfide) groups is 1. The molecule has 0 bridgehead atoms. The number of hydrogen-bond acceptors (Lipinski definition) is 3. The van der Waals surface area contributed by atoms with Crippen LogP contribution in [-0.2, 0) is 22.0 Å². The number of carbonyl (C=O) groups excluding carboxylic acids is 2. The zero-order chi connectivity index (χ0) is 21.8. The van der Waals surface area contributed by atoms with E-state index in [1.807, 2.05) is 31.2 Å². The molecule has 1 heterocycles. The standard InChI is InChI=1S/C25H28ClNO2S/c1-15-11-18-19(25(4,5)10-9-24(18,2)3)14-20(15)27-21(22(28)30-23(27)29)13-16-7-6-8-17(26)12-16/h6-8,11-12,14,21H,9-10,13H2,1-5H3. The van der Waals surface area contributed by atoms with Gasteiger partial charge in [0.25, 0.3) is 5.24 Å². The van der Waals surface area contributed by atoms with E-state index < -0.39 is 6.04 Å². The molecule has 0 N–H and O–H groups in total. The highest BCUT2D eigenvalue weighted by atomic mass is 35.5. The van der Waals surface area contributed by atoms with Crippen molar-refractivity contribution in [3.8, 4) is 0 Å². The van der Waals surface area contributed by atoms with Crippen molar-refractivity contribution in [2.24, 2.45) is 0 Å². The van der Waals surface area contributed by atoms with Gasteiger partial charge >= 0.3 is 0 Å². The average Bonchev–Trinajstić information content (AvgIpc) is 2.92. The van der Waals surface area contributed by atoms with Gasteiger partial charge in [0, 0.05) is 28.9 Å². The Morgan fingerprint density at radius 2 is 1.67 bits per heavy atom. The monoisotopic (exact) mass is 441 g/mol. The Morgan fingerprint density at radius 1 is 1.03 bits per heavy atom. The third-order valence-electron chi connectivity index (χ3n) is 6.72. The lowest BCUT2D eigenvalue weighted by Gasteiger charge is -2.43. The van der Waals surface area contributed by atoms with Crippen molar-refractivity contribution < 1.29 is 9.59 Å². The summed E-state index contributed by atoms with van der Waals surface area (Å²) in [6.45, 7) is 11.2. The zero-order valence-electron chi connectivity index (χ0n) is 18.2. The van der Waals surface area contributed by atoms with Crippen LogP contribution in [0.2, 0.25) is 5.02 Å². The molecule has 0 saturated carbocycles. The maximum absolute atomic E-state index is 12.9. The highest BCUT2D eigenvalue weighted by Gasteiger charge is 2.43. The number of anilines is 1. The van der Waals surface area contributed by atoms with E-state index in [9.17, 15) is 9.59 Å². The number of fused-ring (bicyclic) bond motifs is 1. The molecule has 3 nitrogen and oxygen atoms in total. The number of halogens is 1. The lowest BCUT2D eigenvalue weighted by molar-refractivity contribution is -0.111. The number of aryl methyl sites for hydroxylation is 1. The first-order chi connectivity index (χ1) is 14.0. The summed E-state index contributed by atoms with van der Waals surface area (Å²) in [5.41, 5.74) is 5.64. The van der Waals surface area contributed by atoms with Crippen LogP contribution in [0.15, 0.2) is 36.4 Å². The Balaban J connectivity index is 1.80. The molecule has 4 rings (SSSR count). The molecule has 30 heavy (non-hydrogen) atoms. The maximum atomic E-state index is 12.9. The van der Waals surface area contributed by atoms with Crippen LogP contribution in [0.5, 0.6) is 0 Å². The molecular weight excluding hydrogens is 414 g/mol. The van der Waals surface area contributed by atoms with E-state index in [1.165, 1.54) is 11.1 Å². The van der Waals surface area contributed by atoms with Crippen LogP contribution in [0.3, 0.4) is 0 Å². The van der Waals surface area contributed by atoms with E-state index in [-0.39, 0.29) is 21.2 Å². The topological polar surface area (TPSA) is 37.4 Å². The fourth-order valence-electron chi connectivity index (χ4n) is 4.73. The number of rotatable bonds is 3. The first-order valence-corrected chi connectivity index (χ1v) is 11.6. The molecule has 2 aliphatic rings. The summed E-state index contributed by atoms with van der Waals surface area (Å²) in [4.78, 5) is 27.4. The van der Waals surface area contributed by atoms with Gasteiger partial charge in [0.05, 0.1) is 0 Å². The lowest BCUT2D eigenvalue weighted by Crippen LogP contribution is -2.39. The van der Waals surface area contributed by atoms with Crippen molar-refractivity contribution in [2.45, 2.75) is 70.8 Å². The van der Waals surface area contributed by atoms with Crippen LogP contribution in [-0.4, -0.2) is 16.4 Å². The minimum Gasteiger partial charge on any atom is -0.291 e. The van der Waals surface area contributed by atoms with E-state index in [4.69, 9.17) is 11.6 Å². The molecule has 0 radical (unpaired) electrons. The molecule has 1 amide bonds. The second-order valence-electron chi connectivity index (χ2n) is 9.86. The molecule has 1 atom stereocenters. The molecule has 1 aliphatic carbocycles. The highest BCUT2D eigenvalue weighted by Crippen LogP contribution is 2.48. The van der Waals surface area contributed by atoms with E-state index >= 15 is 0 Å². The SMILES string of the molecule is Cc1cc2c(cc1N1C(=O)SC(=O)C1Cc1cccc(Cl)c1)C(C)(C)CCC2(C)C. The Bertz CT molecular complexity index is 1040. The summed E-state index contributed by atoms with van der Waals surface area (Å²) in [6, 6.07) is 11.4. The molecule has 1 saturated heterocycles. The van der Waals surface area contributed by atoms with Gasteiger partial charge in [-0.1, -0.05) is 57.5 Å². The zero-order valence-corrected chi connectivity index (χ0v) is 19.8. The maximum Gasteiger partial charge on any atom is 0.294 e. The molecule has 2 aromatic rings. The second-order valence-corrected chi connectivity index (χ2v) is 11.3. The first-order valence-electron chi connectivity index (χ1n) is 10.4. The summed E-state index contributed by atoms with van der Waals surface area (Å²) in [6.07, 6.45) is 2.70. The minimum atomic E-state index is -0.516. The number of carbonyl (C=O) groups is 2. The van der Waals surface area contributed by atoms with E-state index in [1.54, 1.807) is 4.90 Å². The normalized spacial score (nSPS) is 22.3. The number of amides is 1. The first kappa shape index (κ1) is 21.5. The van der Waals surface area contributed by atoms with Gasteiger partial charge in [0.1, 0.15) is 6.04 Å². The quantitative estimate of drug-likeness (QED) is 0.525. The Kier molecular flexibility index (Phi) is 5.31. The molecule has 1 fully saturated rings. The number of benzene rings is 2. The molecule has 158 valence electrons. The summed E-state index contributed by atoms with van der Waals surface area (Å²) in [5.74, 6) is 0. The Hall–Kier alpha value is -1.78. The molecule has 1 unspecified atom stereocenters. The lowest BCUT2D eigenvalue weighted by atomic mass is 9.63. The van der Waals surface area contributed by atoms with Gasteiger partial charge in [0.2, 0.25) is 5.12 Å². The molecule has 1 aliphatic heterocycles. The number of hydrogen-bond donors (Lipinski definition) is 0. The summed E-state index contributed by atoms with van der Waals surface area (Å²) < 4.78 is 0. The van der Waals surface area contributed by atoms with Gasteiger partial charge in [-0.2, -0.15) is 0 Å². The van der Waals surface area contributed by atoms with Gasteiger partial charge in [-0.05, 0) is 71.0 Å². The van der Waals surface area contributed by atoms with Crippen molar-refractivity contribution in [3.05, 3.63) is 63.7 Å². The van der Waals surface area contributed by atoms with Crippen molar-refractivity contribution in [3.63, 3.8) is 0 Å². The summed E-state index contributed by atoms with van der Waals surface area (Å²) in [7, 11) is 0. The fraction of sp³-hybridized carbons (Fsp3) is 0.440. The van der Waals surface area contributed by atoms with Crippen LogP contribution in [0, 0.1) is 6.92 Å². The van der Waals surface area contributed by atoms with Crippen LogP contribution < -0.4 is 4.90 Å². The predicted molar refractivity (Wildman–Crippen MR) is 126 cm³/mol. The second kappa shape index (κ2) is 7.42. The molecule has 2 aromatic carbocycles. The summed E-state index contributed by atoms with van der Waals surface area (Å²) >= 11 is 6.96. The van der Waals surface area contributed by atoms with Crippen molar-refractivity contribution in [1.29, 1.82) is 0 Å². The molecule has 0 spiro atoms. The Labute approximate surface area is 188 Å². The summed E-state index contributed by atoms with van der Waals surface area (Å²) in [5, 5.41) is 0.344. The van der Waals surface area contributed by atoms with E-state index in [0.29, 0.717) is 11.4 Å². The molecule has 5 heteroatoms. The van der Waals surface area contributed by atoms with Crippen LogP contribution >= 0.6 is 23.4 Å². The smallest absolute Gasteiger partial charge is 0.291 e. The Morgan fingerprint density at radius 3 is 2.30 bits per heavy atom. The van der Waals surface area contributed by atoms with Crippen LogP contribution in [0.1, 0.15) is 62.8 Å². The van der Waals surface area contributed by atoms with Gasteiger partial charge in [-0.25, -0.2) is 0 Å². The molecule has 0 aromatic heterocycles. The van der Waals surface area contributed by atoms with E-state index in [0.717, 1.165) is 41.4 Å². The van der Waals surface area contributed by atoms with Crippen molar-refractivity contribution >= 4 is 39.4 Å². The third-order valence-corrected chi connectivity index (χ3v) is 7.79. The van der Waals surface area contributed by atoms with Gasteiger partial charge in [-0.3, -0.25) is 14.5 Å². The van der Waals surface area contributed by atoms with Crippen molar-refractivity contribution in [2.75, 3.05) is 4.90 Å². The predicted octanol–water partition coefficient (Wildman–Crippen LogP) is 6.81. The van der Waals surface area contributed by atoms with Gasteiger partial charge in [0.15, 0.2) is 0 Å². The minimum absolute atomic E-state index is 0.0374. The third kappa shape index (κ3) is 3.69. The van der Waals surface area contributed by atoms with Gasteiger partial charge < -0.3 is 0 Å². The van der Waals surface area contributed by atoms with Gasteiger partial charge in [-0.15, -0.1) is 0 Å². The van der Waals surface area contributed by atoms with Crippen LogP contribution in [0.4, 0.5) is 10.5 Å². The van der Waals surface area contributed by atoms with Crippen molar-refractivity contribution in [1.82, 2.24) is 0 Å². The largest absolute Gasteiger partial charge is 0.294 e. The average molecular weight is 442 g/mol. The number of nitrogens with zero attached hydrogens (tertiary/aromatic N) is 1. The molecular formula is C25H28ClNO2S. The van der Waals surface area contributed by atoms with E-state index in [2.05, 4.69) is 39.8 Å². The highest BCUT2D eigenvalue weighted by molar-refractivity contribution is 8.27.